The Hall–Kier alpha value is -1.14. The number of hydrogen-bond acceptors (Lipinski definition) is 5. The number of carbonyl (C=O) groups is 2. The van der Waals surface area contributed by atoms with Crippen molar-refractivity contribution < 1.29 is 23.8 Å². The smallest absolute Gasteiger partial charge is 0.325 e. The molecule has 0 aliphatic carbocycles. The van der Waals surface area contributed by atoms with E-state index in [0.29, 0.717) is 19.8 Å². The lowest BCUT2D eigenvalue weighted by atomic mass is 10.5. The normalized spacial score (nSPS) is 9.73. The van der Waals surface area contributed by atoms with Gasteiger partial charge in [0.2, 0.25) is 5.91 Å². The van der Waals surface area contributed by atoms with Crippen LogP contribution in [0.25, 0.3) is 0 Å². The lowest BCUT2D eigenvalue weighted by Crippen LogP contribution is -2.33. The van der Waals surface area contributed by atoms with Gasteiger partial charge in [-0.2, -0.15) is 0 Å². The van der Waals surface area contributed by atoms with Crippen LogP contribution in [0.4, 0.5) is 0 Å². The summed E-state index contributed by atoms with van der Waals surface area (Å²) < 4.78 is 14.3. The van der Waals surface area contributed by atoms with Crippen molar-refractivity contribution in [2.75, 3.05) is 40.1 Å². The van der Waals surface area contributed by atoms with E-state index in [1.165, 1.54) is 7.11 Å². The van der Waals surface area contributed by atoms with Crippen molar-refractivity contribution in [3.63, 3.8) is 0 Å². The first-order chi connectivity index (χ1) is 7.20. The molecule has 88 valence electrons. The average molecular weight is 219 g/mol. The zero-order valence-electron chi connectivity index (χ0n) is 9.08. The summed E-state index contributed by atoms with van der Waals surface area (Å²) in [6, 6.07) is 0. The first kappa shape index (κ1) is 13.9. The van der Waals surface area contributed by atoms with E-state index in [1.54, 1.807) is 0 Å². The molecule has 6 nitrogen and oxygen atoms in total. The van der Waals surface area contributed by atoms with Crippen molar-refractivity contribution in [1.82, 2.24) is 5.32 Å². The van der Waals surface area contributed by atoms with Gasteiger partial charge < -0.3 is 19.5 Å². The standard InChI is InChI=1S/C9H17NO5/c1-3-14-4-5-15-7-8(11)10-6-9(12)13-2/h3-7H2,1-2H3,(H,10,11). The van der Waals surface area contributed by atoms with Gasteiger partial charge in [0.15, 0.2) is 0 Å². The third-order valence-electron chi connectivity index (χ3n) is 1.47. The maximum Gasteiger partial charge on any atom is 0.325 e. The quantitative estimate of drug-likeness (QED) is 0.433. The van der Waals surface area contributed by atoms with Crippen LogP contribution in [0.15, 0.2) is 0 Å². The molecule has 0 rings (SSSR count). The van der Waals surface area contributed by atoms with Crippen LogP contribution in [-0.2, 0) is 23.8 Å². The molecule has 0 aliphatic heterocycles. The van der Waals surface area contributed by atoms with Crippen LogP contribution in [0, 0.1) is 0 Å². The molecule has 0 aromatic heterocycles. The summed E-state index contributed by atoms with van der Waals surface area (Å²) in [4.78, 5) is 21.6. The molecule has 1 N–H and O–H groups in total. The summed E-state index contributed by atoms with van der Waals surface area (Å²) in [7, 11) is 1.26. The third kappa shape index (κ3) is 9.17. The van der Waals surface area contributed by atoms with Crippen molar-refractivity contribution >= 4 is 11.9 Å². The predicted octanol–water partition coefficient (Wildman–Crippen LogP) is -0.671. The van der Waals surface area contributed by atoms with Gasteiger partial charge in [-0.3, -0.25) is 9.59 Å². The molecule has 6 heteroatoms. The molecule has 1 amide bonds. The van der Waals surface area contributed by atoms with Gasteiger partial charge in [0.25, 0.3) is 0 Å². The predicted molar refractivity (Wildman–Crippen MR) is 52.3 cm³/mol. The first-order valence-electron chi connectivity index (χ1n) is 4.69. The highest BCUT2D eigenvalue weighted by Crippen LogP contribution is 1.79. The number of esters is 1. The van der Waals surface area contributed by atoms with Crippen LogP contribution in [0.3, 0.4) is 0 Å². The summed E-state index contributed by atoms with van der Waals surface area (Å²) in [5, 5.41) is 2.34. The number of amides is 1. The molecule has 0 bridgehead atoms. The van der Waals surface area contributed by atoms with Crippen LogP contribution in [0.1, 0.15) is 6.92 Å². The topological polar surface area (TPSA) is 73.9 Å². The van der Waals surface area contributed by atoms with Crippen molar-refractivity contribution in [3.05, 3.63) is 0 Å². The summed E-state index contributed by atoms with van der Waals surface area (Å²) in [6.07, 6.45) is 0. The van der Waals surface area contributed by atoms with Crippen LogP contribution in [0.2, 0.25) is 0 Å². The molecule has 0 aromatic rings. The summed E-state index contributed by atoms with van der Waals surface area (Å²) >= 11 is 0. The van der Waals surface area contributed by atoms with E-state index in [9.17, 15) is 9.59 Å². The molecule has 0 saturated carbocycles. The largest absolute Gasteiger partial charge is 0.468 e. The number of methoxy groups -OCH3 is 1. The van der Waals surface area contributed by atoms with E-state index >= 15 is 0 Å². The van der Waals surface area contributed by atoms with Gasteiger partial charge in [0.05, 0.1) is 20.3 Å². The Morgan fingerprint density at radius 2 is 1.87 bits per heavy atom. The van der Waals surface area contributed by atoms with Crippen molar-refractivity contribution in [2.24, 2.45) is 0 Å². The lowest BCUT2D eigenvalue weighted by molar-refractivity contribution is -0.141. The van der Waals surface area contributed by atoms with Crippen LogP contribution in [-0.4, -0.2) is 52.0 Å². The molecule has 0 aliphatic rings. The van der Waals surface area contributed by atoms with Crippen molar-refractivity contribution in [1.29, 1.82) is 0 Å². The molecule has 0 radical (unpaired) electrons. The Balaban J connectivity index is 3.30. The Morgan fingerprint density at radius 3 is 2.47 bits per heavy atom. The van der Waals surface area contributed by atoms with E-state index in [0.717, 1.165) is 0 Å². The third-order valence-corrected chi connectivity index (χ3v) is 1.47. The van der Waals surface area contributed by atoms with E-state index in [4.69, 9.17) is 9.47 Å². The fourth-order valence-corrected chi connectivity index (χ4v) is 0.721. The zero-order valence-corrected chi connectivity index (χ0v) is 9.08. The SMILES string of the molecule is CCOCCOCC(=O)NCC(=O)OC. The van der Waals surface area contributed by atoms with Gasteiger partial charge in [-0.05, 0) is 6.92 Å². The lowest BCUT2D eigenvalue weighted by Gasteiger charge is -2.05. The Morgan fingerprint density at radius 1 is 1.20 bits per heavy atom. The molecule has 0 fully saturated rings. The van der Waals surface area contributed by atoms with Crippen molar-refractivity contribution in [2.45, 2.75) is 6.92 Å². The highest BCUT2D eigenvalue weighted by atomic mass is 16.5. The maximum absolute atomic E-state index is 11.0. The molecule has 0 atom stereocenters. The molecule has 0 heterocycles. The fraction of sp³-hybridized carbons (Fsp3) is 0.778. The molecular formula is C9H17NO5. The van der Waals surface area contributed by atoms with Crippen LogP contribution in [0.5, 0.6) is 0 Å². The summed E-state index contributed by atoms with van der Waals surface area (Å²) in [6.45, 7) is 3.11. The minimum atomic E-state index is -0.488. The van der Waals surface area contributed by atoms with E-state index in [-0.39, 0.29) is 19.1 Å². The minimum absolute atomic E-state index is 0.0793. The molecule has 0 spiro atoms. The van der Waals surface area contributed by atoms with Crippen LogP contribution >= 0.6 is 0 Å². The molecular weight excluding hydrogens is 202 g/mol. The number of hydrogen-bond donors (Lipinski definition) is 1. The zero-order chi connectivity index (χ0) is 11.5. The molecule has 15 heavy (non-hydrogen) atoms. The number of rotatable bonds is 8. The maximum atomic E-state index is 11.0. The highest BCUT2D eigenvalue weighted by Gasteiger charge is 2.04. The Bertz CT molecular complexity index is 195. The number of carbonyl (C=O) groups excluding carboxylic acids is 2. The van der Waals surface area contributed by atoms with Gasteiger partial charge in [-0.15, -0.1) is 0 Å². The average Bonchev–Trinajstić information content (AvgIpc) is 2.25. The first-order valence-corrected chi connectivity index (χ1v) is 4.69. The second-order valence-electron chi connectivity index (χ2n) is 2.60. The number of nitrogens with one attached hydrogen (secondary N) is 1. The molecule has 0 unspecified atom stereocenters. The van der Waals surface area contributed by atoms with Crippen LogP contribution < -0.4 is 5.32 Å². The van der Waals surface area contributed by atoms with Gasteiger partial charge in [0, 0.05) is 6.61 Å². The molecule has 0 aromatic carbocycles. The van der Waals surface area contributed by atoms with E-state index in [1.807, 2.05) is 6.92 Å². The summed E-state index contributed by atoms with van der Waals surface area (Å²) in [5.41, 5.74) is 0. The monoisotopic (exact) mass is 219 g/mol. The van der Waals surface area contributed by atoms with E-state index < -0.39 is 5.97 Å². The van der Waals surface area contributed by atoms with Gasteiger partial charge >= 0.3 is 5.97 Å². The van der Waals surface area contributed by atoms with Gasteiger partial charge in [0.1, 0.15) is 13.2 Å². The van der Waals surface area contributed by atoms with Gasteiger partial charge in [-0.25, -0.2) is 0 Å². The fourth-order valence-electron chi connectivity index (χ4n) is 0.721. The second-order valence-corrected chi connectivity index (χ2v) is 2.60. The number of ether oxygens (including phenoxy) is 3. The molecule has 0 saturated heterocycles. The van der Waals surface area contributed by atoms with E-state index in [2.05, 4.69) is 10.1 Å². The Kier molecular flexibility index (Phi) is 8.70. The second kappa shape index (κ2) is 9.42. The van der Waals surface area contributed by atoms with Crippen molar-refractivity contribution in [3.8, 4) is 0 Å². The highest BCUT2D eigenvalue weighted by molar-refractivity contribution is 5.82. The van der Waals surface area contributed by atoms with Gasteiger partial charge in [-0.1, -0.05) is 0 Å². The Labute approximate surface area is 88.9 Å². The minimum Gasteiger partial charge on any atom is -0.468 e. The summed E-state index contributed by atoms with van der Waals surface area (Å²) in [5.74, 6) is -0.838.